The minimum absolute atomic E-state index is 1.09. The van der Waals surface area contributed by atoms with Crippen molar-refractivity contribution >= 4 is 11.4 Å². The van der Waals surface area contributed by atoms with Crippen LogP contribution >= 0.6 is 0 Å². The summed E-state index contributed by atoms with van der Waals surface area (Å²) < 4.78 is 0. The smallest absolute Gasteiger partial charge is 0.0373 e. The Hall–Kier alpha value is -1.96. The molecule has 0 unspecified atom stereocenters. The van der Waals surface area contributed by atoms with Gasteiger partial charge in [0.05, 0.1) is 0 Å². The van der Waals surface area contributed by atoms with Gasteiger partial charge in [0.25, 0.3) is 0 Å². The third-order valence-electron chi connectivity index (χ3n) is 4.04. The molecule has 0 aromatic heterocycles. The molecule has 0 saturated carbocycles. The fraction of sp³-hybridized carbons (Fsp3) is 0.333. The Labute approximate surface area is 121 Å². The third-order valence-corrected chi connectivity index (χ3v) is 4.04. The zero-order chi connectivity index (χ0) is 13.8. The highest BCUT2D eigenvalue weighted by Crippen LogP contribution is 2.23. The molecule has 2 nitrogen and oxygen atoms in total. The lowest BCUT2D eigenvalue weighted by molar-refractivity contribution is 0.785. The summed E-state index contributed by atoms with van der Waals surface area (Å²) in [6.07, 6.45) is 3.52. The Morgan fingerprint density at radius 2 is 1.95 bits per heavy atom. The van der Waals surface area contributed by atoms with Gasteiger partial charge in [-0.25, -0.2) is 0 Å². The first-order chi connectivity index (χ1) is 9.83. The lowest BCUT2D eigenvalue weighted by Gasteiger charge is -2.19. The summed E-state index contributed by atoms with van der Waals surface area (Å²) in [5.74, 6) is 0. The van der Waals surface area contributed by atoms with Crippen LogP contribution in [0, 0.1) is 0 Å². The summed E-state index contributed by atoms with van der Waals surface area (Å²) >= 11 is 0. The summed E-state index contributed by atoms with van der Waals surface area (Å²) in [5, 5.41) is 3.41. The molecule has 0 spiro atoms. The number of fused-ring (bicyclic) bond motifs is 1. The van der Waals surface area contributed by atoms with Crippen molar-refractivity contribution in [3.8, 4) is 0 Å². The average molecular weight is 266 g/mol. The van der Waals surface area contributed by atoms with E-state index < -0.39 is 0 Å². The molecule has 1 N–H and O–H groups in total. The largest absolute Gasteiger partial charge is 0.384 e. The lowest BCUT2D eigenvalue weighted by Crippen LogP contribution is -2.18. The minimum Gasteiger partial charge on any atom is -0.384 e. The fourth-order valence-electron chi connectivity index (χ4n) is 2.85. The lowest BCUT2D eigenvalue weighted by atomic mass is 10.0. The van der Waals surface area contributed by atoms with E-state index in [-0.39, 0.29) is 0 Å². The Balaban J connectivity index is 1.53. The number of anilines is 2. The first-order valence-electron chi connectivity index (χ1n) is 7.45. The van der Waals surface area contributed by atoms with Gasteiger partial charge in [-0.1, -0.05) is 30.3 Å². The molecule has 2 heteroatoms. The van der Waals surface area contributed by atoms with Crippen molar-refractivity contribution in [1.82, 2.24) is 0 Å². The second-order valence-corrected chi connectivity index (χ2v) is 5.53. The highest BCUT2D eigenvalue weighted by atomic mass is 15.1. The van der Waals surface area contributed by atoms with Crippen LogP contribution in [0.25, 0.3) is 0 Å². The molecule has 104 valence electrons. The van der Waals surface area contributed by atoms with Crippen LogP contribution in [0.2, 0.25) is 0 Å². The van der Waals surface area contributed by atoms with E-state index in [9.17, 15) is 0 Å². The number of benzene rings is 2. The quantitative estimate of drug-likeness (QED) is 0.887. The van der Waals surface area contributed by atoms with E-state index in [2.05, 4.69) is 65.8 Å². The van der Waals surface area contributed by atoms with Crippen LogP contribution in [0.15, 0.2) is 48.5 Å². The predicted octanol–water partition coefficient (Wildman–Crippen LogP) is 3.72. The van der Waals surface area contributed by atoms with Crippen molar-refractivity contribution in [1.29, 1.82) is 0 Å². The molecule has 0 aliphatic carbocycles. The van der Waals surface area contributed by atoms with Gasteiger partial charge in [-0.15, -0.1) is 0 Å². The first kappa shape index (κ1) is 13.0. The predicted molar refractivity (Wildman–Crippen MR) is 86.7 cm³/mol. The molecule has 0 atom stereocenters. The highest BCUT2D eigenvalue weighted by Gasteiger charge is 2.09. The van der Waals surface area contributed by atoms with E-state index in [1.165, 1.54) is 35.3 Å². The van der Waals surface area contributed by atoms with Gasteiger partial charge in [0, 0.05) is 31.5 Å². The minimum atomic E-state index is 1.09. The number of nitrogens with zero attached hydrogens (tertiary/aromatic N) is 1. The van der Waals surface area contributed by atoms with Crippen molar-refractivity contribution in [2.24, 2.45) is 0 Å². The molecule has 2 aromatic rings. The van der Waals surface area contributed by atoms with Crippen LogP contribution in [0.4, 0.5) is 11.4 Å². The molecule has 2 aromatic carbocycles. The maximum atomic E-state index is 3.41. The molecular formula is C18H22N2. The monoisotopic (exact) mass is 266 g/mol. The first-order valence-corrected chi connectivity index (χ1v) is 7.45. The van der Waals surface area contributed by atoms with Gasteiger partial charge < -0.3 is 10.2 Å². The molecule has 1 aliphatic rings. The Morgan fingerprint density at radius 3 is 2.80 bits per heavy atom. The Kier molecular flexibility index (Phi) is 3.91. The number of nitrogens with one attached hydrogen (secondary N) is 1. The third kappa shape index (κ3) is 2.96. The van der Waals surface area contributed by atoms with Crippen molar-refractivity contribution in [2.45, 2.75) is 19.3 Å². The summed E-state index contributed by atoms with van der Waals surface area (Å²) in [4.78, 5) is 2.33. The van der Waals surface area contributed by atoms with E-state index in [0.717, 1.165) is 19.5 Å². The van der Waals surface area contributed by atoms with E-state index in [0.29, 0.717) is 0 Å². The maximum Gasteiger partial charge on any atom is 0.0373 e. The number of aryl methyl sites for hydroxylation is 1. The molecule has 1 heterocycles. The summed E-state index contributed by atoms with van der Waals surface area (Å²) in [7, 11) is 2.17. The van der Waals surface area contributed by atoms with E-state index in [4.69, 9.17) is 0 Å². The highest BCUT2D eigenvalue weighted by molar-refractivity contribution is 5.56. The zero-order valence-electron chi connectivity index (χ0n) is 12.1. The second kappa shape index (κ2) is 6.00. The van der Waals surface area contributed by atoms with Crippen LogP contribution in [-0.2, 0) is 12.8 Å². The van der Waals surface area contributed by atoms with Crippen molar-refractivity contribution in [3.05, 3.63) is 59.7 Å². The van der Waals surface area contributed by atoms with Crippen LogP contribution in [0.1, 0.15) is 17.5 Å². The molecule has 0 radical (unpaired) electrons. The normalized spacial score (nSPS) is 12.8. The van der Waals surface area contributed by atoms with Crippen LogP contribution in [-0.4, -0.2) is 20.1 Å². The zero-order valence-corrected chi connectivity index (χ0v) is 12.1. The van der Waals surface area contributed by atoms with E-state index >= 15 is 0 Å². The van der Waals surface area contributed by atoms with Gasteiger partial charge in [-0.3, -0.25) is 0 Å². The molecule has 0 amide bonds. The van der Waals surface area contributed by atoms with Gasteiger partial charge in [-0.2, -0.15) is 0 Å². The van der Waals surface area contributed by atoms with Crippen LogP contribution in [0.5, 0.6) is 0 Å². The standard InChI is InChI=1S/C18H22N2/c1-20(17-7-3-2-4-8-17)13-5-6-15-9-10-18-16(14-15)11-12-19-18/h2-4,7-10,14,19H,5-6,11-13H2,1H3. The van der Waals surface area contributed by atoms with Crippen LogP contribution in [0.3, 0.4) is 0 Å². The van der Waals surface area contributed by atoms with Crippen molar-refractivity contribution in [3.63, 3.8) is 0 Å². The number of hydrogen-bond acceptors (Lipinski definition) is 2. The van der Waals surface area contributed by atoms with Gasteiger partial charge in [0.2, 0.25) is 0 Å². The van der Waals surface area contributed by atoms with Crippen molar-refractivity contribution in [2.75, 3.05) is 30.4 Å². The number of hydrogen-bond donors (Lipinski definition) is 1. The Morgan fingerprint density at radius 1 is 1.10 bits per heavy atom. The average Bonchev–Trinajstić information content (AvgIpc) is 2.95. The second-order valence-electron chi connectivity index (χ2n) is 5.53. The molecule has 3 rings (SSSR count). The molecular weight excluding hydrogens is 244 g/mol. The van der Waals surface area contributed by atoms with E-state index in [1.54, 1.807) is 0 Å². The number of para-hydroxylation sites is 1. The molecule has 0 saturated heterocycles. The fourth-order valence-corrected chi connectivity index (χ4v) is 2.85. The molecule has 1 aliphatic heterocycles. The van der Waals surface area contributed by atoms with Crippen molar-refractivity contribution < 1.29 is 0 Å². The molecule has 20 heavy (non-hydrogen) atoms. The summed E-state index contributed by atoms with van der Waals surface area (Å²) in [6.45, 7) is 2.19. The van der Waals surface area contributed by atoms with Gasteiger partial charge in [0.1, 0.15) is 0 Å². The van der Waals surface area contributed by atoms with Gasteiger partial charge in [-0.05, 0) is 48.6 Å². The summed E-state index contributed by atoms with van der Waals surface area (Å²) in [5.41, 5.74) is 5.58. The topological polar surface area (TPSA) is 15.3 Å². The summed E-state index contributed by atoms with van der Waals surface area (Å²) in [6, 6.07) is 17.5. The maximum absolute atomic E-state index is 3.41. The number of rotatable bonds is 5. The SMILES string of the molecule is CN(CCCc1ccc2c(c1)CCN2)c1ccccc1. The van der Waals surface area contributed by atoms with Gasteiger partial charge in [0.15, 0.2) is 0 Å². The molecule has 0 fully saturated rings. The van der Waals surface area contributed by atoms with Crippen LogP contribution < -0.4 is 10.2 Å². The molecule has 0 bridgehead atoms. The van der Waals surface area contributed by atoms with Gasteiger partial charge >= 0.3 is 0 Å². The Bertz CT molecular complexity index is 563. The van der Waals surface area contributed by atoms with E-state index in [1.807, 2.05) is 0 Å².